The van der Waals surface area contributed by atoms with Crippen molar-refractivity contribution in [1.29, 1.82) is 5.26 Å². The zero-order valence-electron chi connectivity index (χ0n) is 8.78. The lowest BCUT2D eigenvalue weighted by Gasteiger charge is -2.11. The van der Waals surface area contributed by atoms with Crippen LogP contribution in [0.4, 0.5) is 0 Å². The maximum atomic E-state index is 8.90. The molecule has 0 saturated carbocycles. The summed E-state index contributed by atoms with van der Waals surface area (Å²) in [4.78, 5) is 0. The SMILES string of the molecule is N#Cc1ccc(Cl)cc1OCC1CCOC1. The molecule has 1 aliphatic rings. The largest absolute Gasteiger partial charge is 0.492 e. The summed E-state index contributed by atoms with van der Waals surface area (Å²) < 4.78 is 10.9. The number of nitrogens with zero attached hydrogens (tertiary/aromatic N) is 1. The first kappa shape index (κ1) is 11.3. The standard InChI is InChI=1S/C12H12ClNO2/c13-11-2-1-10(6-14)12(5-11)16-8-9-3-4-15-7-9/h1-2,5,9H,3-4,7-8H2. The number of halogens is 1. The van der Waals surface area contributed by atoms with E-state index < -0.39 is 0 Å². The van der Waals surface area contributed by atoms with Crippen LogP contribution in [0, 0.1) is 17.2 Å². The van der Waals surface area contributed by atoms with Gasteiger partial charge in [-0.15, -0.1) is 0 Å². The lowest BCUT2D eigenvalue weighted by atomic mass is 10.1. The molecule has 4 heteroatoms. The van der Waals surface area contributed by atoms with Crippen molar-refractivity contribution in [2.45, 2.75) is 6.42 Å². The molecule has 0 radical (unpaired) electrons. The van der Waals surface area contributed by atoms with E-state index >= 15 is 0 Å². The summed E-state index contributed by atoms with van der Waals surface area (Å²) in [6, 6.07) is 7.12. The summed E-state index contributed by atoms with van der Waals surface area (Å²) in [7, 11) is 0. The molecule has 0 bridgehead atoms. The lowest BCUT2D eigenvalue weighted by Crippen LogP contribution is -2.12. The molecule has 1 aromatic rings. The van der Waals surface area contributed by atoms with E-state index in [1.165, 1.54) is 0 Å². The molecule has 2 rings (SSSR count). The van der Waals surface area contributed by atoms with Crippen molar-refractivity contribution >= 4 is 11.6 Å². The fraction of sp³-hybridized carbons (Fsp3) is 0.417. The van der Waals surface area contributed by atoms with Crippen molar-refractivity contribution < 1.29 is 9.47 Å². The zero-order chi connectivity index (χ0) is 11.4. The van der Waals surface area contributed by atoms with Crippen molar-refractivity contribution in [3.8, 4) is 11.8 Å². The first-order chi connectivity index (χ1) is 7.79. The van der Waals surface area contributed by atoms with Gasteiger partial charge in [0.05, 0.1) is 18.8 Å². The average molecular weight is 238 g/mol. The van der Waals surface area contributed by atoms with Crippen LogP contribution in [-0.2, 0) is 4.74 Å². The van der Waals surface area contributed by atoms with Crippen molar-refractivity contribution in [3.05, 3.63) is 28.8 Å². The Bertz CT molecular complexity index is 408. The summed E-state index contributed by atoms with van der Waals surface area (Å²) in [6.07, 6.45) is 1.02. The number of rotatable bonds is 3. The van der Waals surface area contributed by atoms with Gasteiger partial charge in [-0.1, -0.05) is 11.6 Å². The van der Waals surface area contributed by atoms with E-state index in [2.05, 4.69) is 6.07 Å². The van der Waals surface area contributed by atoms with Crippen molar-refractivity contribution in [1.82, 2.24) is 0 Å². The van der Waals surface area contributed by atoms with Crippen LogP contribution in [0.15, 0.2) is 18.2 Å². The van der Waals surface area contributed by atoms with Gasteiger partial charge < -0.3 is 9.47 Å². The molecular formula is C12H12ClNO2. The van der Waals surface area contributed by atoms with Gasteiger partial charge in [0.2, 0.25) is 0 Å². The first-order valence-electron chi connectivity index (χ1n) is 5.20. The molecule has 0 N–H and O–H groups in total. The molecule has 1 heterocycles. The Morgan fingerprint density at radius 3 is 3.12 bits per heavy atom. The first-order valence-corrected chi connectivity index (χ1v) is 5.57. The smallest absolute Gasteiger partial charge is 0.138 e. The van der Waals surface area contributed by atoms with E-state index in [9.17, 15) is 0 Å². The van der Waals surface area contributed by atoms with Gasteiger partial charge in [0.15, 0.2) is 0 Å². The number of hydrogen-bond acceptors (Lipinski definition) is 3. The van der Waals surface area contributed by atoms with Crippen molar-refractivity contribution in [2.75, 3.05) is 19.8 Å². The van der Waals surface area contributed by atoms with Crippen molar-refractivity contribution in [3.63, 3.8) is 0 Å². The predicted octanol–water partition coefficient (Wildman–Crippen LogP) is 2.63. The van der Waals surface area contributed by atoms with Crippen molar-refractivity contribution in [2.24, 2.45) is 5.92 Å². The van der Waals surface area contributed by atoms with Gasteiger partial charge >= 0.3 is 0 Å². The predicted molar refractivity (Wildman–Crippen MR) is 60.6 cm³/mol. The molecule has 1 unspecified atom stereocenters. The second-order valence-electron chi connectivity index (χ2n) is 3.79. The maximum absolute atomic E-state index is 8.90. The summed E-state index contributed by atoms with van der Waals surface area (Å²) in [5.41, 5.74) is 0.517. The van der Waals surface area contributed by atoms with Crippen LogP contribution in [0.3, 0.4) is 0 Å². The summed E-state index contributed by atoms with van der Waals surface area (Å²) in [6.45, 7) is 2.12. The van der Waals surface area contributed by atoms with E-state index in [0.717, 1.165) is 19.6 Å². The van der Waals surface area contributed by atoms with E-state index in [1.807, 2.05) is 0 Å². The van der Waals surface area contributed by atoms with Crippen LogP contribution >= 0.6 is 11.6 Å². The second kappa shape index (κ2) is 5.20. The van der Waals surface area contributed by atoms with Gasteiger partial charge in [-0.2, -0.15) is 5.26 Å². The Hall–Kier alpha value is -1.24. The highest BCUT2D eigenvalue weighted by molar-refractivity contribution is 6.30. The number of nitriles is 1. The average Bonchev–Trinajstić information content (AvgIpc) is 2.79. The highest BCUT2D eigenvalue weighted by atomic mass is 35.5. The molecule has 1 atom stereocenters. The number of benzene rings is 1. The lowest BCUT2D eigenvalue weighted by molar-refractivity contribution is 0.167. The van der Waals surface area contributed by atoms with E-state index in [4.69, 9.17) is 26.3 Å². The topological polar surface area (TPSA) is 42.2 Å². The fourth-order valence-electron chi connectivity index (χ4n) is 1.63. The van der Waals surface area contributed by atoms with Crippen LogP contribution in [0.1, 0.15) is 12.0 Å². The van der Waals surface area contributed by atoms with E-state index in [-0.39, 0.29) is 0 Å². The number of hydrogen-bond donors (Lipinski definition) is 0. The molecule has 1 aromatic carbocycles. The monoisotopic (exact) mass is 237 g/mol. The molecule has 1 fully saturated rings. The zero-order valence-corrected chi connectivity index (χ0v) is 9.54. The van der Waals surface area contributed by atoms with Gasteiger partial charge in [0.1, 0.15) is 11.8 Å². The molecule has 1 saturated heterocycles. The Balaban J connectivity index is 2.02. The minimum Gasteiger partial charge on any atom is -0.492 e. The van der Waals surface area contributed by atoms with Crippen LogP contribution in [0.5, 0.6) is 5.75 Å². The fourth-order valence-corrected chi connectivity index (χ4v) is 1.79. The number of ether oxygens (including phenoxy) is 2. The van der Waals surface area contributed by atoms with E-state index in [0.29, 0.717) is 28.9 Å². The molecule has 3 nitrogen and oxygen atoms in total. The molecule has 84 valence electrons. The molecule has 1 aliphatic heterocycles. The quantitative estimate of drug-likeness (QED) is 0.812. The highest BCUT2D eigenvalue weighted by Gasteiger charge is 2.17. The van der Waals surface area contributed by atoms with Crippen LogP contribution in [0.2, 0.25) is 5.02 Å². The normalized spacial score (nSPS) is 19.4. The van der Waals surface area contributed by atoms with Crippen LogP contribution in [-0.4, -0.2) is 19.8 Å². The van der Waals surface area contributed by atoms with Crippen LogP contribution < -0.4 is 4.74 Å². The Morgan fingerprint density at radius 1 is 1.56 bits per heavy atom. The Morgan fingerprint density at radius 2 is 2.44 bits per heavy atom. The minimum absolute atomic E-state index is 0.422. The second-order valence-corrected chi connectivity index (χ2v) is 4.23. The molecule has 0 amide bonds. The molecule has 16 heavy (non-hydrogen) atoms. The summed E-state index contributed by atoms with van der Waals surface area (Å²) in [5, 5.41) is 9.48. The maximum Gasteiger partial charge on any atom is 0.138 e. The third-order valence-corrected chi connectivity index (χ3v) is 2.80. The van der Waals surface area contributed by atoms with Gasteiger partial charge in [-0.25, -0.2) is 0 Å². The van der Waals surface area contributed by atoms with Gasteiger partial charge in [0, 0.05) is 23.6 Å². The molecular weight excluding hydrogens is 226 g/mol. The molecule has 0 aliphatic carbocycles. The molecule has 0 spiro atoms. The van der Waals surface area contributed by atoms with Crippen LogP contribution in [0.25, 0.3) is 0 Å². The summed E-state index contributed by atoms with van der Waals surface area (Å²) >= 11 is 5.86. The highest BCUT2D eigenvalue weighted by Crippen LogP contribution is 2.24. The van der Waals surface area contributed by atoms with Gasteiger partial charge in [-0.3, -0.25) is 0 Å². The third-order valence-electron chi connectivity index (χ3n) is 2.56. The van der Waals surface area contributed by atoms with Gasteiger partial charge in [-0.05, 0) is 18.6 Å². The Kier molecular flexibility index (Phi) is 3.66. The third kappa shape index (κ3) is 2.66. The van der Waals surface area contributed by atoms with Gasteiger partial charge in [0.25, 0.3) is 0 Å². The Labute approximate surface area is 99.5 Å². The summed E-state index contributed by atoms with van der Waals surface area (Å²) in [5.74, 6) is 0.979. The van der Waals surface area contributed by atoms with E-state index in [1.54, 1.807) is 18.2 Å². The molecule has 0 aromatic heterocycles. The minimum atomic E-state index is 0.422.